The van der Waals surface area contributed by atoms with Crippen molar-refractivity contribution in [2.75, 3.05) is 32.8 Å². The highest BCUT2D eigenvalue weighted by Crippen LogP contribution is 2.08. The van der Waals surface area contributed by atoms with Gasteiger partial charge in [0.15, 0.2) is 0 Å². The molecule has 0 aromatic heterocycles. The molecule has 0 fully saturated rings. The summed E-state index contributed by atoms with van der Waals surface area (Å²) in [5, 5.41) is 29.3. The molecule has 0 rings (SSSR count). The van der Waals surface area contributed by atoms with Crippen LogP contribution in [0.1, 0.15) is 77.0 Å². The number of aliphatic hydroxyl groups excluding tert-OH is 1. The van der Waals surface area contributed by atoms with Gasteiger partial charge < -0.3 is 60.1 Å². The molecule has 4 amide bonds. The minimum absolute atomic E-state index is 0.121. The summed E-state index contributed by atoms with van der Waals surface area (Å²) < 4.78 is 0. The second-order valence-electron chi connectivity index (χ2n) is 10.5. The van der Waals surface area contributed by atoms with E-state index >= 15 is 0 Å². The zero-order valence-electron chi connectivity index (χ0n) is 25.2. The van der Waals surface area contributed by atoms with Crippen LogP contribution in [0, 0.1) is 0 Å². The van der Waals surface area contributed by atoms with Crippen molar-refractivity contribution in [3.63, 3.8) is 0 Å². The Morgan fingerprint density at radius 2 is 0.814 bits per heavy atom. The summed E-state index contributed by atoms with van der Waals surface area (Å²) in [5.41, 5.74) is 28.1. The summed E-state index contributed by atoms with van der Waals surface area (Å²) in [6.45, 7) is 0.775. The van der Waals surface area contributed by atoms with Gasteiger partial charge in [0, 0.05) is 0 Å². The summed E-state index contributed by atoms with van der Waals surface area (Å²) in [4.78, 5) is 63.6. The molecule has 0 aliphatic rings. The minimum Gasteiger partial charge on any atom is -0.480 e. The lowest BCUT2D eigenvalue weighted by molar-refractivity contribution is -0.142. The molecule has 0 radical (unpaired) electrons. The molecular formula is C27H55N9O7. The van der Waals surface area contributed by atoms with Crippen LogP contribution in [0.5, 0.6) is 0 Å². The Morgan fingerprint density at radius 3 is 1.21 bits per heavy atom. The van der Waals surface area contributed by atoms with Crippen molar-refractivity contribution >= 4 is 29.6 Å². The van der Waals surface area contributed by atoms with Gasteiger partial charge in [-0.1, -0.05) is 6.42 Å². The topological polar surface area (TPSA) is 304 Å². The van der Waals surface area contributed by atoms with E-state index in [1.54, 1.807) is 0 Å². The van der Waals surface area contributed by atoms with Crippen LogP contribution < -0.4 is 49.9 Å². The standard InChI is InChI=1S/C27H55N9O7/c28-13-5-1-9-18(32)23(38)33-19(10-2-6-14-29)24(39)34-20(11-3-7-15-30)25(40)36-22(17-37)26(41)35-21(27(42)43)12-4-8-16-31/h18-22,37H,1-17,28-32H2,(H,33,38)(H,34,39)(H,35,41)(H,36,40)(H,42,43)/t18-,19-,20-,21-,22-/m0/s1. The van der Waals surface area contributed by atoms with Crippen molar-refractivity contribution < 1.29 is 34.2 Å². The molecule has 43 heavy (non-hydrogen) atoms. The van der Waals surface area contributed by atoms with Crippen molar-refractivity contribution in [2.45, 2.75) is 107 Å². The molecule has 0 spiro atoms. The molecule has 0 bridgehead atoms. The molecular weight excluding hydrogens is 562 g/mol. The summed E-state index contributed by atoms with van der Waals surface area (Å²) >= 11 is 0. The third-order valence-electron chi connectivity index (χ3n) is 6.84. The number of hydrogen-bond donors (Lipinski definition) is 11. The highest BCUT2D eigenvalue weighted by Gasteiger charge is 2.31. The minimum atomic E-state index is -1.47. The maximum absolute atomic E-state index is 13.3. The van der Waals surface area contributed by atoms with Crippen molar-refractivity contribution in [1.82, 2.24) is 21.3 Å². The normalized spacial score (nSPS) is 14.6. The van der Waals surface area contributed by atoms with Crippen molar-refractivity contribution in [3.05, 3.63) is 0 Å². The van der Waals surface area contributed by atoms with E-state index < -0.39 is 66.4 Å². The monoisotopic (exact) mass is 617 g/mol. The number of rotatable bonds is 26. The molecule has 0 unspecified atom stereocenters. The van der Waals surface area contributed by atoms with E-state index in [0.717, 1.165) is 0 Å². The maximum Gasteiger partial charge on any atom is 0.326 e. The summed E-state index contributed by atoms with van der Waals surface area (Å²) in [5.74, 6) is -4.05. The van der Waals surface area contributed by atoms with E-state index in [-0.39, 0.29) is 19.3 Å². The van der Waals surface area contributed by atoms with E-state index in [9.17, 15) is 34.2 Å². The second-order valence-corrected chi connectivity index (χ2v) is 10.5. The molecule has 250 valence electrons. The number of aliphatic carboxylic acids is 1. The van der Waals surface area contributed by atoms with Gasteiger partial charge in [0.25, 0.3) is 0 Å². The maximum atomic E-state index is 13.3. The van der Waals surface area contributed by atoms with Gasteiger partial charge in [0.05, 0.1) is 12.6 Å². The zero-order valence-corrected chi connectivity index (χ0v) is 25.2. The molecule has 16 heteroatoms. The third kappa shape index (κ3) is 17.7. The number of carbonyl (C=O) groups excluding carboxylic acids is 4. The highest BCUT2D eigenvalue weighted by atomic mass is 16.4. The first-order valence-corrected chi connectivity index (χ1v) is 15.2. The Morgan fingerprint density at radius 1 is 0.488 bits per heavy atom. The van der Waals surface area contributed by atoms with E-state index in [0.29, 0.717) is 84.0 Å². The lowest BCUT2D eigenvalue weighted by Gasteiger charge is -2.26. The first-order chi connectivity index (χ1) is 20.6. The van der Waals surface area contributed by atoms with Crippen LogP contribution in [0.15, 0.2) is 0 Å². The smallest absolute Gasteiger partial charge is 0.326 e. The number of hydrogen-bond acceptors (Lipinski definition) is 11. The van der Waals surface area contributed by atoms with Crippen molar-refractivity contribution in [1.29, 1.82) is 0 Å². The van der Waals surface area contributed by atoms with Crippen LogP contribution in [-0.2, 0) is 24.0 Å². The molecule has 0 heterocycles. The molecule has 0 aliphatic heterocycles. The Bertz CT molecular complexity index is 835. The van der Waals surface area contributed by atoms with Crippen LogP contribution in [0.25, 0.3) is 0 Å². The first kappa shape index (κ1) is 40.1. The lowest BCUT2D eigenvalue weighted by Crippen LogP contribution is -2.59. The average molecular weight is 618 g/mol. The summed E-state index contributed by atoms with van der Waals surface area (Å²) in [6.07, 6.45) is 5.47. The molecule has 16 N–H and O–H groups in total. The first-order valence-electron chi connectivity index (χ1n) is 15.2. The molecule has 16 nitrogen and oxygen atoms in total. The van der Waals surface area contributed by atoms with Gasteiger partial charge in [-0.3, -0.25) is 19.2 Å². The van der Waals surface area contributed by atoms with Gasteiger partial charge in [-0.05, 0) is 96.8 Å². The predicted octanol–water partition coefficient (Wildman–Crippen LogP) is -3.15. The Kier molecular flexibility index (Phi) is 22.9. The van der Waals surface area contributed by atoms with Gasteiger partial charge >= 0.3 is 5.97 Å². The number of amides is 4. The molecule has 0 aromatic carbocycles. The quantitative estimate of drug-likeness (QED) is 0.0429. The molecule has 0 aromatic rings. The summed E-state index contributed by atoms with van der Waals surface area (Å²) in [7, 11) is 0. The predicted molar refractivity (Wildman–Crippen MR) is 162 cm³/mol. The Hall–Kier alpha value is -2.89. The van der Waals surface area contributed by atoms with Gasteiger partial charge in [0.1, 0.15) is 24.2 Å². The number of carbonyl (C=O) groups is 5. The van der Waals surface area contributed by atoms with E-state index in [4.69, 9.17) is 28.7 Å². The fourth-order valence-corrected chi connectivity index (χ4v) is 4.20. The number of aliphatic hydroxyl groups is 1. The van der Waals surface area contributed by atoms with Crippen molar-refractivity contribution in [3.8, 4) is 0 Å². The number of unbranched alkanes of at least 4 members (excludes halogenated alkanes) is 4. The van der Waals surface area contributed by atoms with Crippen LogP contribution in [0.4, 0.5) is 0 Å². The molecule has 5 atom stereocenters. The SMILES string of the molecule is NCCCC[C@H](NC(=O)[C@H](CO)NC(=O)[C@H](CCCCN)NC(=O)[C@H](CCCCN)NC(=O)[C@@H](N)CCCCN)C(=O)O. The number of carboxylic acids is 1. The Balaban J connectivity index is 5.62. The van der Waals surface area contributed by atoms with E-state index in [1.165, 1.54) is 0 Å². The van der Waals surface area contributed by atoms with Gasteiger partial charge in [0.2, 0.25) is 23.6 Å². The fraction of sp³-hybridized carbons (Fsp3) is 0.815. The fourth-order valence-electron chi connectivity index (χ4n) is 4.20. The number of carboxylic acid groups (broad SMARTS) is 1. The molecule has 0 saturated heterocycles. The second kappa shape index (κ2) is 24.5. The zero-order chi connectivity index (χ0) is 32.6. The lowest BCUT2D eigenvalue weighted by atomic mass is 10.0. The Labute approximate surface area is 254 Å². The van der Waals surface area contributed by atoms with E-state index in [2.05, 4.69) is 21.3 Å². The van der Waals surface area contributed by atoms with Crippen LogP contribution >= 0.6 is 0 Å². The third-order valence-corrected chi connectivity index (χ3v) is 6.84. The van der Waals surface area contributed by atoms with Gasteiger partial charge in [-0.25, -0.2) is 4.79 Å². The molecule has 0 aliphatic carbocycles. The largest absolute Gasteiger partial charge is 0.480 e. The van der Waals surface area contributed by atoms with Crippen LogP contribution in [0.2, 0.25) is 0 Å². The average Bonchev–Trinajstić information content (AvgIpc) is 2.98. The van der Waals surface area contributed by atoms with Crippen molar-refractivity contribution in [2.24, 2.45) is 28.7 Å². The highest BCUT2D eigenvalue weighted by molar-refractivity contribution is 5.95. The van der Waals surface area contributed by atoms with Crippen LogP contribution in [0.3, 0.4) is 0 Å². The van der Waals surface area contributed by atoms with Gasteiger partial charge in [-0.15, -0.1) is 0 Å². The number of nitrogens with one attached hydrogen (secondary N) is 4. The summed E-state index contributed by atoms with van der Waals surface area (Å²) in [6, 6.07) is -5.67. The van der Waals surface area contributed by atoms with Crippen LogP contribution in [-0.4, -0.2) is 103 Å². The van der Waals surface area contributed by atoms with E-state index in [1.807, 2.05) is 0 Å². The molecule has 0 saturated carbocycles. The van der Waals surface area contributed by atoms with Gasteiger partial charge in [-0.2, -0.15) is 0 Å². The number of nitrogens with two attached hydrogens (primary N) is 5.